The third-order valence-corrected chi connectivity index (χ3v) is 3.95. The van der Waals surface area contributed by atoms with Crippen LogP contribution in [0.1, 0.15) is 46.0 Å². The first-order chi connectivity index (χ1) is 9.55. The van der Waals surface area contributed by atoms with Gasteiger partial charge in [0.1, 0.15) is 0 Å². The summed E-state index contributed by atoms with van der Waals surface area (Å²) < 4.78 is 0. The van der Waals surface area contributed by atoms with Crippen molar-refractivity contribution in [2.75, 3.05) is 33.2 Å². The van der Waals surface area contributed by atoms with Crippen molar-refractivity contribution in [3.8, 4) is 0 Å². The second-order valence-corrected chi connectivity index (χ2v) is 5.82. The largest absolute Gasteiger partial charge is 0.355 e. The number of rotatable bonds is 7. The molecule has 0 bridgehead atoms. The van der Waals surface area contributed by atoms with E-state index in [1.807, 2.05) is 6.92 Å². The van der Waals surface area contributed by atoms with Crippen molar-refractivity contribution in [1.29, 1.82) is 0 Å². The molecule has 0 aliphatic carbocycles. The Bertz CT molecular complexity index is 320. The molecule has 5 nitrogen and oxygen atoms in total. The maximum atomic E-state index is 12.7. The highest BCUT2D eigenvalue weighted by Crippen LogP contribution is 2.33. The molecule has 0 aromatic carbocycles. The average Bonchev–Trinajstić information content (AvgIpc) is 2.45. The van der Waals surface area contributed by atoms with E-state index < -0.39 is 0 Å². The molecule has 2 N–H and O–H groups in total. The van der Waals surface area contributed by atoms with E-state index in [9.17, 15) is 9.59 Å². The summed E-state index contributed by atoms with van der Waals surface area (Å²) in [5.41, 5.74) is -0.313. The Kier molecular flexibility index (Phi) is 6.99. The highest BCUT2D eigenvalue weighted by molar-refractivity contribution is 5.88. The van der Waals surface area contributed by atoms with Gasteiger partial charge in [0, 0.05) is 20.1 Å². The fourth-order valence-corrected chi connectivity index (χ4v) is 2.96. The van der Waals surface area contributed by atoms with Crippen LogP contribution in [0.3, 0.4) is 0 Å². The molecule has 1 unspecified atom stereocenters. The zero-order chi connectivity index (χ0) is 15.0. The van der Waals surface area contributed by atoms with Crippen LogP contribution < -0.4 is 10.6 Å². The minimum atomic E-state index is -0.313. The SMILES string of the molecule is CCCNC(=O)CN(C)C(=O)C1(CCC)CCCNC1. The number of hydrogen-bond acceptors (Lipinski definition) is 3. The van der Waals surface area contributed by atoms with E-state index >= 15 is 0 Å². The highest BCUT2D eigenvalue weighted by Gasteiger charge is 2.40. The maximum absolute atomic E-state index is 12.7. The van der Waals surface area contributed by atoms with Gasteiger partial charge >= 0.3 is 0 Å². The van der Waals surface area contributed by atoms with Crippen LogP contribution >= 0.6 is 0 Å². The third kappa shape index (κ3) is 4.47. The molecule has 20 heavy (non-hydrogen) atoms. The molecule has 1 aliphatic rings. The van der Waals surface area contributed by atoms with Gasteiger partial charge in [-0.3, -0.25) is 9.59 Å². The molecule has 1 rings (SSSR count). The van der Waals surface area contributed by atoms with Gasteiger partial charge in [0.25, 0.3) is 0 Å². The van der Waals surface area contributed by atoms with Crippen LogP contribution in [0, 0.1) is 5.41 Å². The van der Waals surface area contributed by atoms with Crippen molar-refractivity contribution in [1.82, 2.24) is 15.5 Å². The van der Waals surface area contributed by atoms with Gasteiger partial charge in [-0.05, 0) is 32.2 Å². The lowest BCUT2D eigenvalue weighted by molar-refractivity contribution is -0.145. The summed E-state index contributed by atoms with van der Waals surface area (Å²) in [5.74, 6) is 0.0383. The predicted molar refractivity (Wildman–Crippen MR) is 80.4 cm³/mol. The minimum Gasteiger partial charge on any atom is -0.355 e. The average molecular weight is 283 g/mol. The molecule has 5 heteroatoms. The van der Waals surface area contributed by atoms with Crippen molar-refractivity contribution in [3.05, 3.63) is 0 Å². The second kappa shape index (κ2) is 8.25. The standard InChI is InChI=1S/C15H29N3O2/c1-4-7-15(8-6-10-16-12-15)14(20)18(3)11-13(19)17-9-5-2/h16H,4-12H2,1-3H3,(H,17,19). The van der Waals surface area contributed by atoms with Crippen LogP contribution in [0.25, 0.3) is 0 Å². The first-order valence-electron chi connectivity index (χ1n) is 7.78. The third-order valence-electron chi connectivity index (χ3n) is 3.95. The fourth-order valence-electron chi connectivity index (χ4n) is 2.96. The monoisotopic (exact) mass is 283 g/mol. The van der Waals surface area contributed by atoms with Crippen molar-refractivity contribution >= 4 is 11.8 Å². The lowest BCUT2D eigenvalue weighted by Gasteiger charge is -2.38. The highest BCUT2D eigenvalue weighted by atomic mass is 16.2. The predicted octanol–water partition coefficient (Wildman–Crippen LogP) is 1.14. The number of likely N-dealkylation sites (N-methyl/N-ethyl adjacent to an activating group) is 1. The number of amides is 2. The molecule has 0 spiro atoms. The molecule has 116 valence electrons. The van der Waals surface area contributed by atoms with Gasteiger partial charge in [-0.15, -0.1) is 0 Å². The van der Waals surface area contributed by atoms with Gasteiger partial charge in [-0.25, -0.2) is 0 Å². The summed E-state index contributed by atoms with van der Waals surface area (Å²) in [6.45, 7) is 6.67. The zero-order valence-corrected chi connectivity index (χ0v) is 13.1. The van der Waals surface area contributed by atoms with E-state index in [1.54, 1.807) is 11.9 Å². The number of nitrogens with zero attached hydrogens (tertiary/aromatic N) is 1. The number of hydrogen-bond donors (Lipinski definition) is 2. The lowest BCUT2D eigenvalue weighted by Crippen LogP contribution is -2.52. The van der Waals surface area contributed by atoms with Crippen molar-refractivity contribution in [2.24, 2.45) is 5.41 Å². The van der Waals surface area contributed by atoms with Crippen LogP contribution in [-0.4, -0.2) is 49.9 Å². The van der Waals surface area contributed by atoms with Gasteiger partial charge in [0.05, 0.1) is 12.0 Å². The number of carbonyl (C=O) groups is 2. The molecular weight excluding hydrogens is 254 g/mol. The smallest absolute Gasteiger partial charge is 0.239 e. The first-order valence-corrected chi connectivity index (χ1v) is 7.78. The lowest BCUT2D eigenvalue weighted by atomic mass is 9.76. The number of piperidine rings is 1. The Morgan fingerprint density at radius 2 is 2.05 bits per heavy atom. The normalized spacial score (nSPS) is 22.4. The van der Waals surface area contributed by atoms with E-state index in [1.165, 1.54) is 0 Å². The Labute approximate surface area is 122 Å². The molecule has 2 amide bonds. The number of nitrogens with one attached hydrogen (secondary N) is 2. The van der Waals surface area contributed by atoms with E-state index in [0.717, 1.165) is 45.2 Å². The van der Waals surface area contributed by atoms with E-state index in [4.69, 9.17) is 0 Å². The van der Waals surface area contributed by atoms with Crippen LogP contribution in [0.4, 0.5) is 0 Å². The summed E-state index contributed by atoms with van der Waals surface area (Å²) in [6.07, 6.45) is 4.74. The van der Waals surface area contributed by atoms with Gasteiger partial charge in [0.2, 0.25) is 11.8 Å². The van der Waals surface area contributed by atoms with E-state index in [2.05, 4.69) is 17.6 Å². The molecule has 0 radical (unpaired) electrons. The van der Waals surface area contributed by atoms with Crippen LogP contribution in [0.2, 0.25) is 0 Å². The Hall–Kier alpha value is -1.10. The first kappa shape index (κ1) is 17.0. The molecule has 0 aromatic heterocycles. The molecule has 1 heterocycles. The van der Waals surface area contributed by atoms with Crippen molar-refractivity contribution in [2.45, 2.75) is 46.0 Å². The number of carbonyl (C=O) groups excluding carboxylic acids is 2. The summed E-state index contributed by atoms with van der Waals surface area (Å²) in [5, 5.41) is 6.15. The Balaban J connectivity index is 2.61. The molecule has 0 saturated carbocycles. The Morgan fingerprint density at radius 1 is 1.30 bits per heavy atom. The minimum absolute atomic E-state index is 0.0712. The van der Waals surface area contributed by atoms with Crippen molar-refractivity contribution in [3.63, 3.8) is 0 Å². The molecular formula is C15H29N3O2. The Morgan fingerprint density at radius 3 is 2.60 bits per heavy atom. The zero-order valence-electron chi connectivity index (χ0n) is 13.1. The molecule has 1 saturated heterocycles. The van der Waals surface area contributed by atoms with Gasteiger partial charge < -0.3 is 15.5 Å². The summed E-state index contributed by atoms with van der Waals surface area (Å²) in [4.78, 5) is 26.1. The topological polar surface area (TPSA) is 61.4 Å². The molecule has 0 aromatic rings. The quantitative estimate of drug-likeness (QED) is 0.736. The summed E-state index contributed by atoms with van der Waals surface area (Å²) >= 11 is 0. The maximum Gasteiger partial charge on any atom is 0.239 e. The van der Waals surface area contributed by atoms with Crippen LogP contribution in [0.15, 0.2) is 0 Å². The second-order valence-electron chi connectivity index (χ2n) is 5.82. The molecule has 1 fully saturated rings. The fraction of sp³-hybridized carbons (Fsp3) is 0.867. The van der Waals surface area contributed by atoms with Crippen LogP contribution in [0.5, 0.6) is 0 Å². The van der Waals surface area contributed by atoms with Gasteiger partial charge in [-0.1, -0.05) is 20.3 Å². The molecule has 1 aliphatic heterocycles. The van der Waals surface area contributed by atoms with Crippen molar-refractivity contribution < 1.29 is 9.59 Å². The van der Waals surface area contributed by atoms with Crippen LogP contribution in [-0.2, 0) is 9.59 Å². The summed E-state index contributed by atoms with van der Waals surface area (Å²) in [7, 11) is 1.74. The van der Waals surface area contributed by atoms with Gasteiger partial charge in [0.15, 0.2) is 0 Å². The molecule has 1 atom stereocenters. The van der Waals surface area contributed by atoms with Gasteiger partial charge in [-0.2, -0.15) is 0 Å². The van der Waals surface area contributed by atoms with E-state index in [0.29, 0.717) is 6.54 Å². The van der Waals surface area contributed by atoms with E-state index in [-0.39, 0.29) is 23.8 Å². The summed E-state index contributed by atoms with van der Waals surface area (Å²) in [6, 6.07) is 0.